The zero-order valence-corrected chi connectivity index (χ0v) is 17.3. The Balaban J connectivity index is 1.51. The standard InChI is InChI=1S/C22H25F4N5O/c23-16-8-14(7-15(10-16)22(24,25)26)6-13-4-5-28-20(9-13)30-19-3-1-2-18(21(19)31-27)29-17-11-32-12-17/h4-5,7-10,17-18,29,31H,1-3,6,11-12,27H2,(H,28,30). The first-order chi connectivity index (χ1) is 15.3. The van der Waals surface area contributed by atoms with E-state index in [9.17, 15) is 17.6 Å². The van der Waals surface area contributed by atoms with E-state index in [1.807, 2.05) is 0 Å². The van der Waals surface area contributed by atoms with E-state index in [2.05, 4.69) is 21.0 Å². The zero-order valence-electron chi connectivity index (χ0n) is 17.3. The molecule has 1 fully saturated rings. The van der Waals surface area contributed by atoms with Crippen molar-refractivity contribution in [1.82, 2.24) is 15.7 Å². The van der Waals surface area contributed by atoms with Gasteiger partial charge in [-0.2, -0.15) is 13.2 Å². The molecule has 0 saturated carbocycles. The van der Waals surface area contributed by atoms with Gasteiger partial charge in [0.2, 0.25) is 0 Å². The van der Waals surface area contributed by atoms with E-state index in [1.54, 1.807) is 18.3 Å². The molecular formula is C22H25F4N5O. The number of aromatic nitrogens is 1. The minimum absolute atomic E-state index is 0.0708. The first-order valence-electron chi connectivity index (χ1n) is 10.4. The van der Waals surface area contributed by atoms with Crippen molar-refractivity contribution in [2.75, 3.05) is 18.5 Å². The molecule has 2 aliphatic rings. The molecule has 0 spiro atoms. The average Bonchev–Trinajstić information content (AvgIpc) is 2.70. The van der Waals surface area contributed by atoms with E-state index in [-0.39, 0.29) is 18.0 Å². The second kappa shape index (κ2) is 9.43. The molecule has 172 valence electrons. The molecule has 1 aliphatic carbocycles. The van der Waals surface area contributed by atoms with E-state index in [4.69, 9.17) is 10.6 Å². The Kier molecular flexibility index (Phi) is 6.63. The summed E-state index contributed by atoms with van der Waals surface area (Å²) >= 11 is 0. The summed E-state index contributed by atoms with van der Waals surface area (Å²) in [6.07, 6.45) is -0.203. The predicted molar refractivity (Wildman–Crippen MR) is 112 cm³/mol. The molecular weight excluding hydrogens is 426 g/mol. The van der Waals surface area contributed by atoms with Gasteiger partial charge in [0.05, 0.1) is 36.6 Å². The molecule has 6 nitrogen and oxygen atoms in total. The number of nitrogens with two attached hydrogens (primary N) is 1. The number of ether oxygens (including phenoxy) is 1. The minimum Gasteiger partial charge on any atom is -0.378 e. The molecule has 1 unspecified atom stereocenters. The van der Waals surface area contributed by atoms with Gasteiger partial charge in [-0.05, 0) is 67.1 Å². The van der Waals surface area contributed by atoms with Crippen molar-refractivity contribution in [2.24, 2.45) is 5.84 Å². The van der Waals surface area contributed by atoms with Gasteiger partial charge in [-0.25, -0.2) is 9.37 Å². The number of halogens is 4. The minimum atomic E-state index is -4.60. The summed E-state index contributed by atoms with van der Waals surface area (Å²) in [6.45, 7) is 1.35. The van der Waals surface area contributed by atoms with Gasteiger partial charge in [-0.3, -0.25) is 5.84 Å². The molecule has 0 radical (unpaired) electrons. The molecule has 2 heterocycles. The normalized spacial score (nSPS) is 19.6. The van der Waals surface area contributed by atoms with Gasteiger partial charge in [-0.15, -0.1) is 0 Å². The lowest BCUT2D eigenvalue weighted by Crippen LogP contribution is -2.53. The molecule has 10 heteroatoms. The van der Waals surface area contributed by atoms with Crippen molar-refractivity contribution in [3.05, 3.63) is 70.4 Å². The highest BCUT2D eigenvalue weighted by atomic mass is 19.4. The molecule has 1 aliphatic heterocycles. The Morgan fingerprint density at radius 1 is 1.12 bits per heavy atom. The van der Waals surface area contributed by atoms with Crippen LogP contribution < -0.4 is 21.9 Å². The number of nitrogens with zero attached hydrogens (tertiary/aromatic N) is 1. The van der Waals surface area contributed by atoms with Crippen molar-refractivity contribution in [3.8, 4) is 0 Å². The van der Waals surface area contributed by atoms with E-state index >= 15 is 0 Å². The number of benzene rings is 1. The van der Waals surface area contributed by atoms with E-state index in [0.717, 1.165) is 42.8 Å². The van der Waals surface area contributed by atoms with Gasteiger partial charge in [0.25, 0.3) is 0 Å². The fourth-order valence-corrected chi connectivity index (χ4v) is 4.03. The Morgan fingerprint density at radius 2 is 1.94 bits per heavy atom. The summed E-state index contributed by atoms with van der Waals surface area (Å²) in [7, 11) is 0. The SMILES string of the molecule is NNC1=C(Nc2cc(Cc3cc(F)cc(C(F)(F)F)c3)ccn2)CCCC1NC1COC1. The van der Waals surface area contributed by atoms with Crippen LogP contribution in [0.3, 0.4) is 0 Å². The van der Waals surface area contributed by atoms with Gasteiger partial charge in [0.15, 0.2) is 0 Å². The van der Waals surface area contributed by atoms with E-state index in [0.29, 0.717) is 36.7 Å². The Morgan fingerprint density at radius 3 is 2.62 bits per heavy atom. The molecule has 0 amide bonds. The van der Waals surface area contributed by atoms with Gasteiger partial charge in [0.1, 0.15) is 11.6 Å². The summed E-state index contributed by atoms with van der Waals surface area (Å²) in [6, 6.07) is 6.40. The van der Waals surface area contributed by atoms with Gasteiger partial charge in [-0.1, -0.05) is 0 Å². The largest absolute Gasteiger partial charge is 0.416 e. The lowest BCUT2D eigenvalue weighted by Gasteiger charge is -2.35. The number of hydrazine groups is 1. The Bertz CT molecular complexity index is 991. The van der Waals surface area contributed by atoms with Crippen LogP contribution in [-0.2, 0) is 17.3 Å². The maximum absolute atomic E-state index is 13.7. The maximum atomic E-state index is 13.7. The Labute approximate surface area is 183 Å². The van der Waals surface area contributed by atoms with E-state index < -0.39 is 17.6 Å². The molecule has 2 aromatic rings. The number of hydrogen-bond donors (Lipinski definition) is 4. The lowest BCUT2D eigenvalue weighted by atomic mass is 9.95. The summed E-state index contributed by atoms with van der Waals surface area (Å²) < 4.78 is 57.9. The second-order valence-corrected chi connectivity index (χ2v) is 8.08. The number of rotatable bonds is 7. The van der Waals surface area contributed by atoms with Crippen LogP contribution in [-0.4, -0.2) is 30.3 Å². The van der Waals surface area contributed by atoms with Gasteiger partial charge in [0, 0.05) is 11.9 Å². The summed E-state index contributed by atoms with van der Waals surface area (Å²) in [5.74, 6) is 5.43. The van der Waals surface area contributed by atoms with Crippen LogP contribution in [0.4, 0.5) is 23.4 Å². The molecule has 0 bridgehead atoms. The highest BCUT2D eigenvalue weighted by Gasteiger charge is 2.31. The molecule has 1 saturated heterocycles. The lowest BCUT2D eigenvalue weighted by molar-refractivity contribution is -0.137. The number of pyridine rings is 1. The van der Waals surface area contributed by atoms with Crippen LogP contribution in [0.15, 0.2) is 47.9 Å². The van der Waals surface area contributed by atoms with Crippen LogP contribution in [0, 0.1) is 5.82 Å². The molecule has 32 heavy (non-hydrogen) atoms. The maximum Gasteiger partial charge on any atom is 0.416 e. The van der Waals surface area contributed by atoms with Crippen LogP contribution in [0.1, 0.15) is 36.0 Å². The highest BCUT2D eigenvalue weighted by Crippen LogP contribution is 2.31. The molecule has 1 aromatic carbocycles. The zero-order chi connectivity index (χ0) is 22.7. The Hall–Kier alpha value is -2.69. The number of anilines is 1. The molecule has 4 rings (SSSR count). The van der Waals surface area contributed by atoms with Crippen LogP contribution in [0.2, 0.25) is 0 Å². The first-order valence-corrected chi connectivity index (χ1v) is 10.4. The van der Waals surface area contributed by atoms with Crippen molar-refractivity contribution < 1.29 is 22.3 Å². The van der Waals surface area contributed by atoms with Crippen molar-refractivity contribution in [3.63, 3.8) is 0 Å². The topological polar surface area (TPSA) is 84.2 Å². The smallest absolute Gasteiger partial charge is 0.378 e. The number of alkyl halides is 3. The second-order valence-electron chi connectivity index (χ2n) is 8.08. The van der Waals surface area contributed by atoms with Crippen molar-refractivity contribution in [2.45, 2.75) is 43.9 Å². The van der Waals surface area contributed by atoms with Crippen LogP contribution in [0.25, 0.3) is 0 Å². The van der Waals surface area contributed by atoms with Gasteiger partial charge < -0.3 is 20.8 Å². The summed E-state index contributed by atoms with van der Waals surface area (Å²) in [5, 5.41) is 6.82. The van der Waals surface area contributed by atoms with Crippen molar-refractivity contribution >= 4 is 5.82 Å². The molecule has 1 atom stereocenters. The van der Waals surface area contributed by atoms with E-state index in [1.165, 1.54) is 0 Å². The highest BCUT2D eigenvalue weighted by molar-refractivity contribution is 5.46. The fraction of sp³-hybridized carbons (Fsp3) is 0.409. The first kappa shape index (κ1) is 22.5. The third-order valence-electron chi connectivity index (χ3n) is 5.62. The summed E-state index contributed by atoms with van der Waals surface area (Å²) in [4.78, 5) is 4.32. The summed E-state index contributed by atoms with van der Waals surface area (Å²) in [5.41, 5.74) is 4.51. The molecule has 5 N–H and O–H groups in total. The third kappa shape index (κ3) is 5.37. The average molecular weight is 451 g/mol. The van der Waals surface area contributed by atoms with Crippen LogP contribution >= 0.6 is 0 Å². The monoisotopic (exact) mass is 451 g/mol. The van der Waals surface area contributed by atoms with Gasteiger partial charge >= 0.3 is 6.18 Å². The van der Waals surface area contributed by atoms with Crippen LogP contribution in [0.5, 0.6) is 0 Å². The number of allylic oxidation sites excluding steroid dienone is 1. The van der Waals surface area contributed by atoms with Crippen molar-refractivity contribution in [1.29, 1.82) is 0 Å². The number of nitrogens with one attached hydrogen (secondary N) is 3. The quantitative estimate of drug-likeness (QED) is 0.293. The number of hydrogen-bond acceptors (Lipinski definition) is 6. The fourth-order valence-electron chi connectivity index (χ4n) is 4.03. The third-order valence-corrected chi connectivity index (χ3v) is 5.62. The predicted octanol–water partition coefficient (Wildman–Crippen LogP) is 3.46. The molecule has 1 aromatic heterocycles.